The Balaban J connectivity index is 3.58. The lowest BCUT2D eigenvalue weighted by molar-refractivity contribution is -0.385. The molecule has 20 heavy (non-hydrogen) atoms. The van der Waals surface area contributed by atoms with Gasteiger partial charge in [0.05, 0.1) is 16.6 Å². The van der Waals surface area contributed by atoms with Crippen LogP contribution in [0.15, 0.2) is 6.07 Å². The Labute approximate surface area is 124 Å². The van der Waals surface area contributed by atoms with Gasteiger partial charge in [-0.1, -0.05) is 39.3 Å². The number of nitriles is 1. The first-order chi connectivity index (χ1) is 9.27. The molecule has 0 radical (unpaired) electrons. The summed E-state index contributed by atoms with van der Waals surface area (Å²) in [5.41, 5.74) is 1.57. The zero-order chi connectivity index (χ0) is 15.4. The lowest BCUT2D eigenvalue weighted by Gasteiger charge is -2.14. The van der Waals surface area contributed by atoms with Crippen LogP contribution < -0.4 is 0 Å². The van der Waals surface area contributed by atoms with Crippen molar-refractivity contribution in [1.29, 1.82) is 5.26 Å². The van der Waals surface area contributed by atoms with Gasteiger partial charge in [0, 0.05) is 5.56 Å². The molecular weight excluding hydrogens is 276 g/mol. The number of benzene rings is 1. The van der Waals surface area contributed by atoms with Crippen LogP contribution in [0.1, 0.15) is 44.4 Å². The molecule has 5 heteroatoms. The quantitative estimate of drug-likeness (QED) is 0.592. The number of hydrogen-bond donors (Lipinski definition) is 0. The smallest absolute Gasteiger partial charge is 0.258 e. The molecule has 4 nitrogen and oxygen atoms in total. The monoisotopic (exact) mass is 294 g/mol. The summed E-state index contributed by atoms with van der Waals surface area (Å²) in [5.74, 6) is 0.567. The Bertz CT molecular complexity index is 560. The highest BCUT2D eigenvalue weighted by Crippen LogP contribution is 2.35. The van der Waals surface area contributed by atoms with Gasteiger partial charge in [-0.05, 0) is 36.3 Å². The molecule has 0 saturated heterocycles. The molecule has 0 fully saturated rings. The number of nitrogens with zero attached hydrogens (tertiary/aromatic N) is 2. The number of rotatable bonds is 5. The first kappa shape index (κ1) is 16.5. The van der Waals surface area contributed by atoms with Gasteiger partial charge in [0.1, 0.15) is 5.02 Å². The van der Waals surface area contributed by atoms with Gasteiger partial charge in [0.25, 0.3) is 5.69 Å². The van der Waals surface area contributed by atoms with Gasteiger partial charge in [0.2, 0.25) is 0 Å². The minimum absolute atomic E-state index is 0.121. The summed E-state index contributed by atoms with van der Waals surface area (Å²) in [5, 5.41) is 20.8. The van der Waals surface area contributed by atoms with E-state index in [-0.39, 0.29) is 16.6 Å². The fourth-order valence-corrected chi connectivity index (χ4v) is 2.61. The average Bonchev–Trinajstić information content (AvgIpc) is 2.26. The van der Waals surface area contributed by atoms with E-state index >= 15 is 0 Å². The molecule has 0 spiro atoms. The van der Waals surface area contributed by atoms with E-state index in [1.54, 1.807) is 6.07 Å². The molecule has 108 valence electrons. The number of halogens is 1. The van der Waals surface area contributed by atoms with E-state index in [9.17, 15) is 15.4 Å². The van der Waals surface area contributed by atoms with Gasteiger partial charge in [0.15, 0.2) is 0 Å². The van der Waals surface area contributed by atoms with Crippen LogP contribution in [0, 0.1) is 33.3 Å². The molecule has 0 aliphatic rings. The fraction of sp³-hybridized carbons (Fsp3) is 0.533. The summed E-state index contributed by atoms with van der Waals surface area (Å²) < 4.78 is 0. The third-order valence-electron chi connectivity index (χ3n) is 2.97. The topological polar surface area (TPSA) is 66.9 Å². The van der Waals surface area contributed by atoms with Crippen molar-refractivity contribution in [1.82, 2.24) is 0 Å². The third-order valence-corrected chi connectivity index (χ3v) is 3.26. The minimum atomic E-state index is -0.486. The van der Waals surface area contributed by atoms with Crippen molar-refractivity contribution < 1.29 is 4.92 Å². The van der Waals surface area contributed by atoms with E-state index in [1.165, 1.54) is 0 Å². The van der Waals surface area contributed by atoms with Crippen LogP contribution in [-0.4, -0.2) is 4.92 Å². The molecule has 0 heterocycles. The second-order valence-corrected chi connectivity index (χ2v) is 6.19. The Kier molecular flexibility index (Phi) is 5.52. The van der Waals surface area contributed by atoms with Crippen LogP contribution in [-0.2, 0) is 12.8 Å². The van der Waals surface area contributed by atoms with Crippen molar-refractivity contribution in [3.05, 3.63) is 37.9 Å². The van der Waals surface area contributed by atoms with Crippen LogP contribution in [0.3, 0.4) is 0 Å². The van der Waals surface area contributed by atoms with E-state index in [0.29, 0.717) is 29.9 Å². The molecule has 1 aromatic rings. The van der Waals surface area contributed by atoms with Crippen molar-refractivity contribution in [3.8, 4) is 6.07 Å². The van der Waals surface area contributed by atoms with E-state index in [1.807, 2.05) is 27.7 Å². The summed E-state index contributed by atoms with van der Waals surface area (Å²) in [6.45, 7) is 8.01. The molecule has 1 rings (SSSR count). The zero-order valence-electron chi connectivity index (χ0n) is 12.2. The van der Waals surface area contributed by atoms with Gasteiger partial charge in [-0.2, -0.15) is 5.26 Å². The van der Waals surface area contributed by atoms with E-state index in [2.05, 4.69) is 6.07 Å². The Morgan fingerprint density at radius 1 is 1.30 bits per heavy atom. The van der Waals surface area contributed by atoms with Crippen LogP contribution in [0.25, 0.3) is 0 Å². The van der Waals surface area contributed by atoms with Gasteiger partial charge >= 0.3 is 0 Å². The predicted molar refractivity (Wildman–Crippen MR) is 79.9 cm³/mol. The number of hydrogen-bond acceptors (Lipinski definition) is 3. The fourth-order valence-electron chi connectivity index (χ4n) is 2.29. The maximum absolute atomic E-state index is 11.2. The molecule has 0 aliphatic heterocycles. The SMILES string of the molecule is CC(C)Cc1cc(Cl)c([N+](=O)[O-])c(CC(C)C)c1C#N. The maximum atomic E-state index is 11.2. The molecular formula is C15H19ClN2O2. The van der Waals surface area contributed by atoms with Gasteiger partial charge in [-0.25, -0.2) is 0 Å². The first-order valence-corrected chi connectivity index (χ1v) is 7.04. The van der Waals surface area contributed by atoms with Crippen LogP contribution >= 0.6 is 11.6 Å². The van der Waals surface area contributed by atoms with Crippen LogP contribution in [0.5, 0.6) is 0 Å². The highest BCUT2D eigenvalue weighted by atomic mass is 35.5. The van der Waals surface area contributed by atoms with E-state index in [0.717, 1.165) is 5.56 Å². The third kappa shape index (κ3) is 3.71. The zero-order valence-corrected chi connectivity index (χ0v) is 13.0. The summed E-state index contributed by atoms with van der Waals surface area (Å²) in [4.78, 5) is 10.8. The Morgan fingerprint density at radius 3 is 2.25 bits per heavy atom. The van der Waals surface area contributed by atoms with Gasteiger partial charge in [-0.3, -0.25) is 10.1 Å². The number of nitro benzene ring substituents is 1. The molecule has 0 atom stereocenters. The second kappa shape index (κ2) is 6.71. The Morgan fingerprint density at radius 2 is 1.85 bits per heavy atom. The van der Waals surface area contributed by atoms with Crippen molar-refractivity contribution in [3.63, 3.8) is 0 Å². The molecule has 0 N–H and O–H groups in total. The average molecular weight is 295 g/mol. The van der Waals surface area contributed by atoms with E-state index in [4.69, 9.17) is 11.6 Å². The molecule has 0 aliphatic carbocycles. The van der Waals surface area contributed by atoms with Crippen molar-refractivity contribution >= 4 is 17.3 Å². The summed E-state index contributed by atoms with van der Waals surface area (Å²) in [6.07, 6.45) is 1.16. The lowest BCUT2D eigenvalue weighted by Crippen LogP contribution is -2.08. The molecule has 0 bridgehead atoms. The van der Waals surface area contributed by atoms with E-state index < -0.39 is 4.92 Å². The lowest BCUT2D eigenvalue weighted by atomic mass is 9.90. The second-order valence-electron chi connectivity index (χ2n) is 5.78. The summed E-state index contributed by atoms with van der Waals surface area (Å²) in [7, 11) is 0. The molecule has 0 amide bonds. The highest BCUT2D eigenvalue weighted by Gasteiger charge is 2.26. The largest absolute Gasteiger partial charge is 0.292 e. The molecule has 1 aromatic carbocycles. The van der Waals surface area contributed by atoms with Crippen molar-refractivity contribution in [2.75, 3.05) is 0 Å². The van der Waals surface area contributed by atoms with Crippen molar-refractivity contribution in [2.24, 2.45) is 11.8 Å². The first-order valence-electron chi connectivity index (χ1n) is 6.66. The summed E-state index contributed by atoms with van der Waals surface area (Å²) in [6, 6.07) is 3.71. The Hall–Kier alpha value is -1.60. The van der Waals surface area contributed by atoms with Crippen LogP contribution in [0.4, 0.5) is 5.69 Å². The van der Waals surface area contributed by atoms with Crippen LogP contribution in [0.2, 0.25) is 5.02 Å². The normalized spacial score (nSPS) is 10.9. The molecule has 0 unspecified atom stereocenters. The summed E-state index contributed by atoms with van der Waals surface area (Å²) >= 11 is 6.07. The van der Waals surface area contributed by atoms with Crippen molar-refractivity contribution in [2.45, 2.75) is 40.5 Å². The predicted octanol–water partition coefficient (Wildman–Crippen LogP) is 4.52. The van der Waals surface area contributed by atoms with Gasteiger partial charge in [-0.15, -0.1) is 0 Å². The molecule has 0 saturated carbocycles. The maximum Gasteiger partial charge on any atom is 0.292 e. The number of nitro groups is 1. The highest BCUT2D eigenvalue weighted by molar-refractivity contribution is 6.33. The standard InChI is InChI=1S/C15H19ClN2O2/c1-9(2)5-11-7-14(16)15(18(19)20)12(6-10(3)4)13(11)8-17/h7,9-10H,5-6H2,1-4H3. The van der Waals surface area contributed by atoms with Gasteiger partial charge < -0.3 is 0 Å². The molecule has 0 aromatic heterocycles. The minimum Gasteiger partial charge on any atom is -0.258 e.